The van der Waals surface area contributed by atoms with Crippen LogP contribution in [0.15, 0.2) is 6.20 Å². The summed E-state index contributed by atoms with van der Waals surface area (Å²) >= 11 is 1.14. The molecule has 1 aromatic heterocycles. The number of rotatable bonds is 3. The molecule has 1 N–H and O–H groups in total. The fourth-order valence-corrected chi connectivity index (χ4v) is 1.46. The van der Waals surface area contributed by atoms with Gasteiger partial charge in [0, 0.05) is 7.11 Å². The molecule has 0 amide bonds. The molecule has 66 valence electrons. The molecule has 1 atom stereocenters. The van der Waals surface area contributed by atoms with Gasteiger partial charge in [-0.15, -0.1) is 11.3 Å². The zero-order valence-corrected chi connectivity index (χ0v) is 7.59. The van der Waals surface area contributed by atoms with E-state index in [-0.39, 0.29) is 11.0 Å². The summed E-state index contributed by atoms with van der Waals surface area (Å²) in [5, 5.41) is 9.27. The van der Waals surface area contributed by atoms with E-state index in [1.54, 1.807) is 7.11 Å². The monoisotopic (exact) mass is 187 g/mol. The van der Waals surface area contributed by atoms with Crippen molar-refractivity contribution < 1.29 is 14.6 Å². The summed E-state index contributed by atoms with van der Waals surface area (Å²) < 4.78 is 4.98. The lowest BCUT2D eigenvalue weighted by atomic mass is 10.4. The second-order valence-electron chi connectivity index (χ2n) is 2.25. The highest BCUT2D eigenvalue weighted by Crippen LogP contribution is 2.21. The van der Waals surface area contributed by atoms with Crippen LogP contribution >= 0.6 is 11.3 Å². The highest BCUT2D eigenvalue weighted by Gasteiger charge is 2.12. The lowest BCUT2D eigenvalue weighted by Gasteiger charge is -2.02. The van der Waals surface area contributed by atoms with E-state index in [0.717, 1.165) is 11.3 Å². The molecule has 0 saturated heterocycles. The van der Waals surface area contributed by atoms with E-state index >= 15 is 0 Å². The van der Waals surface area contributed by atoms with Gasteiger partial charge in [-0.2, -0.15) is 0 Å². The summed E-state index contributed by atoms with van der Waals surface area (Å²) in [4.78, 5) is 14.6. The number of methoxy groups -OCH3 is 1. The average Bonchev–Trinajstić information content (AvgIpc) is 2.51. The topological polar surface area (TPSA) is 59.4 Å². The van der Waals surface area contributed by atoms with Gasteiger partial charge in [0.2, 0.25) is 0 Å². The minimum atomic E-state index is -0.943. The molecule has 1 rings (SSSR count). The van der Waals surface area contributed by atoms with Gasteiger partial charge in [0.1, 0.15) is 16.0 Å². The summed E-state index contributed by atoms with van der Waals surface area (Å²) in [7, 11) is 1.56. The van der Waals surface area contributed by atoms with Gasteiger partial charge in [0.25, 0.3) is 0 Å². The summed E-state index contributed by atoms with van der Waals surface area (Å²) in [5.74, 6) is -0.943. The predicted octanol–water partition coefficient (Wildman–Crippen LogP) is 1.55. The van der Waals surface area contributed by atoms with Gasteiger partial charge in [0.05, 0.1) is 6.20 Å². The molecule has 5 heteroatoms. The second kappa shape index (κ2) is 3.64. The van der Waals surface area contributed by atoms with Crippen LogP contribution in [0.1, 0.15) is 27.7 Å². The minimum Gasteiger partial charge on any atom is -0.477 e. The van der Waals surface area contributed by atoms with Crippen LogP contribution in [0, 0.1) is 0 Å². The molecule has 0 bridgehead atoms. The van der Waals surface area contributed by atoms with E-state index in [1.165, 1.54) is 6.20 Å². The Hall–Kier alpha value is -0.940. The maximum Gasteiger partial charge on any atom is 0.347 e. The molecule has 0 aliphatic rings. The van der Waals surface area contributed by atoms with Gasteiger partial charge in [-0.1, -0.05) is 0 Å². The molecular weight excluding hydrogens is 178 g/mol. The van der Waals surface area contributed by atoms with Crippen molar-refractivity contribution in [2.45, 2.75) is 13.0 Å². The molecule has 0 fully saturated rings. The van der Waals surface area contributed by atoms with E-state index in [2.05, 4.69) is 4.98 Å². The van der Waals surface area contributed by atoms with Crippen molar-refractivity contribution in [1.29, 1.82) is 0 Å². The third-order valence-electron chi connectivity index (χ3n) is 1.44. The van der Waals surface area contributed by atoms with Crippen molar-refractivity contribution in [3.05, 3.63) is 16.1 Å². The number of carboxylic acids is 1. The molecule has 1 heterocycles. The van der Waals surface area contributed by atoms with E-state index in [9.17, 15) is 4.79 Å². The number of carbonyl (C=O) groups is 1. The van der Waals surface area contributed by atoms with Crippen LogP contribution in [0.4, 0.5) is 0 Å². The van der Waals surface area contributed by atoms with E-state index in [1.807, 2.05) is 6.92 Å². The molecule has 0 spiro atoms. The SMILES string of the molecule is COC(C)c1ncc(C(=O)O)s1. The number of nitrogens with zero attached hydrogens (tertiary/aromatic N) is 1. The van der Waals surface area contributed by atoms with Gasteiger partial charge >= 0.3 is 5.97 Å². The number of aromatic nitrogens is 1. The molecule has 0 aliphatic heterocycles. The van der Waals surface area contributed by atoms with Crippen molar-refractivity contribution in [3.8, 4) is 0 Å². The molecule has 0 saturated carbocycles. The van der Waals surface area contributed by atoms with E-state index < -0.39 is 5.97 Å². The fraction of sp³-hybridized carbons (Fsp3) is 0.429. The van der Waals surface area contributed by atoms with Crippen LogP contribution in [-0.4, -0.2) is 23.2 Å². The normalized spacial score (nSPS) is 12.8. The summed E-state index contributed by atoms with van der Waals surface area (Å²) in [5.41, 5.74) is 0. The van der Waals surface area contributed by atoms with Gasteiger partial charge in [-0.25, -0.2) is 9.78 Å². The summed E-state index contributed by atoms with van der Waals surface area (Å²) in [6.45, 7) is 1.82. The Morgan fingerprint density at radius 3 is 2.92 bits per heavy atom. The van der Waals surface area contributed by atoms with Crippen molar-refractivity contribution >= 4 is 17.3 Å². The first-order chi connectivity index (χ1) is 5.65. The molecule has 1 unspecified atom stereocenters. The number of carboxylic acid groups (broad SMARTS) is 1. The van der Waals surface area contributed by atoms with Crippen LogP contribution in [0.25, 0.3) is 0 Å². The van der Waals surface area contributed by atoms with Crippen molar-refractivity contribution in [3.63, 3.8) is 0 Å². The van der Waals surface area contributed by atoms with Crippen LogP contribution in [0.3, 0.4) is 0 Å². The number of thiazole rings is 1. The maximum atomic E-state index is 10.5. The molecule has 12 heavy (non-hydrogen) atoms. The van der Waals surface area contributed by atoms with Crippen molar-refractivity contribution in [2.24, 2.45) is 0 Å². The Morgan fingerprint density at radius 2 is 2.50 bits per heavy atom. The zero-order chi connectivity index (χ0) is 9.14. The van der Waals surface area contributed by atoms with Crippen molar-refractivity contribution in [2.75, 3.05) is 7.11 Å². The summed E-state index contributed by atoms with van der Waals surface area (Å²) in [6.07, 6.45) is 1.21. The Bertz CT molecular complexity index is 284. The third-order valence-corrected chi connectivity index (χ3v) is 2.58. The molecule has 0 aliphatic carbocycles. The number of ether oxygens (including phenoxy) is 1. The predicted molar refractivity (Wildman–Crippen MR) is 44.5 cm³/mol. The van der Waals surface area contributed by atoms with Crippen LogP contribution in [0.2, 0.25) is 0 Å². The Morgan fingerprint density at radius 1 is 1.83 bits per heavy atom. The highest BCUT2D eigenvalue weighted by molar-refractivity contribution is 7.13. The van der Waals surface area contributed by atoms with Crippen LogP contribution in [0.5, 0.6) is 0 Å². The van der Waals surface area contributed by atoms with Gasteiger partial charge < -0.3 is 9.84 Å². The standard InChI is InChI=1S/C7H9NO3S/c1-4(11-2)6-8-3-5(12-6)7(9)10/h3-4H,1-2H3,(H,9,10). The number of hydrogen-bond donors (Lipinski definition) is 1. The molecule has 4 nitrogen and oxygen atoms in total. The number of aromatic carboxylic acids is 1. The average molecular weight is 187 g/mol. The maximum absolute atomic E-state index is 10.5. The first kappa shape index (κ1) is 9.15. The summed E-state index contributed by atoms with van der Waals surface area (Å²) in [6, 6.07) is 0. The quantitative estimate of drug-likeness (QED) is 0.779. The first-order valence-corrected chi connectivity index (χ1v) is 4.18. The molecule has 0 aromatic carbocycles. The minimum absolute atomic E-state index is 0.136. The van der Waals surface area contributed by atoms with Gasteiger partial charge in [-0.05, 0) is 6.92 Å². The lowest BCUT2D eigenvalue weighted by molar-refractivity contribution is 0.0702. The van der Waals surface area contributed by atoms with Crippen LogP contribution in [-0.2, 0) is 4.74 Å². The van der Waals surface area contributed by atoms with Crippen LogP contribution < -0.4 is 0 Å². The molecular formula is C7H9NO3S. The Balaban J connectivity index is 2.84. The van der Waals surface area contributed by atoms with Gasteiger partial charge in [0.15, 0.2) is 0 Å². The largest absolute Gasteiger partial charge is 0.477 e. The third kappa shape index (κ3) is 1.80. The van der Waals surface area contributed by atoms with E-state index in [4.69, 9.17) is 9.84 Å². The Kier molecular flexibility index (Phi) is 2.78. The Labute approximate surface area is 73.8 Å². The zero-order valence-electron chi connectivity index (χ0n) is 6.77. The molecule has 1 aromatic rings. The molecule has 0 radical (unpaired) electrons. The van der Waals surface area contributed by atoms with E-state index in [0.29, 0.717) is 5.01 Å². The van der Waals surface area contributed by atoms with Gasteiger partial charge in [-0.3, -0.25) is 0 Å². The lowest BCUT2D eigenvalue weighted by Crippen LogP contribution is -1.93. The number of hydrogen-bond acceptors (Lipinski definition) is 4. The fourth-order valence-electron chi connectivity index (χ4n) is 0.675. The first-order valence-electron chi connectivity index (χ1n) is 3.37. The highest BCUT2D eigenvalue weighted by atomic mass is 32.1. The second-order valence-corrected chi connectivity index (χ2v) is 3.31. The van der Waals surface area contributed by atoms with Crippen molar-refractivity contribution in [1.82, 2.24) is 4.98 Å². The smallest absolute Gasteiger partial charge is 0.347 e.